The van der Waals surface area contributed by atoms with Gasteiger partial charge in [-0.1, -0.05) is 25.4 Å². The first-order valence-electron chi connectivity index (χ1n) is 8.86. The molecule has 144 valence electrons. The number of H-pyrrole nitrogens is 1. The molecule has 8 heteroatoms. The average Bonchev–Trinajstić information content (AvgIpc) is 3.27. The molecule has 0 amide bonds. The summed E-state index contributed by atoms with van der Waals surface area (Å²) in [6.07, 6.45) is 2.19. The fourth-order valence-corrected chi connectivity index (χ4v) is 3.22. The Morgan fingerprint density at radius 2 is 2.07 bits per heavy atom. The number of benzene rings is 1. The molecule has 28 heavy (non-hydrogen) atoms. The first-order valence-corrected chi connectivity index (χ1v) is 10.0. The summed E-state index contributed by atoms with van der Waals surface area (Å²) < 4.78 is 12.6. The van der Waals surface area contributed by atoms with Gasteiger partial charge in [-0.15, -0.1) is 0 Å². The van der Waals surface area contributed by atoms with Crippen molar-refractivity contribution < 1.29 is 9.15 Å². The number of imidazole rings is 1. The van der Waals surface area contributed by atoms with Gasteiger partial charge in [0.1, 0.15) is 16.1 Å². The highest BCUT2D eigenvalue weighted by Gasteiger charge is 2.14. The summed E-state index contributed by atoms with van der Waals surface area (Å²) in [5, 5.41) is 0.665. The number of hydrogen-bond acceptors (Lipinski definition) is 5. The summed E-state index contributed by atoms with van der Waals surface area (Å²) in [6.45, 7) is 4.88. The fraction of sp³-hybridized carbons (Fsp3) is 0.250. The van der Waals surface area contributed by atoms with Crippen LogP contribution in [0, 0.1) is 5.92 Å². The van der Waals surface area contributed by atoms with Crippen molar-refractivity contribution in [3.8, 4) is 17.3 Å². The van der Waals surface area contributed by atoms with Crippen LogP contribution in [0.3, 0.4) is 0 Å². The first kappa shape index (κ1) is 19.0. The second-order valence-electron chi connectivity index (χ2n) is 6.85. The van der Waals surface area contributed by atoms with E-state index in [0.29, 0.717) is 51.5 Å². The summed E-state index contributed by atoms with van der Waals surface area (Å²) in [6, 6.07) is 9.44. The molecule has 0 aliphatic carbocycles. The van der Waals surface area contributed by atoms with E-state index in [2.05, 4.69) is 49.7 Å². The van der Waals surface area contributed by atoms with Gasteiger partial charge in [0.15, 0.2) is 22.9 Å². The number of aromatic nitrogens is 4. The maximum Gasteiger partial charge on any atom is 0.199 e. The van der Waals surface area contributed by atoms with Crippen molar-refractivity contribution in [2.24, 2.45) is 5.92 Å². The molecule has 0 saturated carbocycles. The van der Waals surface area contributed by atoms with Crippen LogP contribution in [0.25, 0.3) is 22.9 Å². The van der Waals surface area contributed by atoms with Gasteiger partial charge in [-0.25, -0.2) is 15.0 Å². The number of halogens is 2. The minimum Gasteiger partial charge on any atom is -0.493 e. The van der Waals surface area contributed by atoms with Gasteiger partial charge < -0.3 is 14.1 Å². The lowest BCUT2D eigenvalue weighted by Gasteiger charge is -2.13. The Morgan fingerprint density at radius 1 is 1.21 bits per heavy atom. The Labute approximate surface area is 175 Å². The smallest absolute Gasteiger partial charge is 0.199 e. The van der Waals surface area contributed by atoms with E-state index < -0.39 is 0 Å². The third-order valence-corrected chi connectivity index (χ3v) is 4.65. The van der Waals surface area contributed by atoms with Gasteiger partial charge in [-0.2, -0.15) is 0 Å². The number of nitrogens with one attached hydrogen (secondary N) is 1. The summed E-state index contributed by atoms with van der Waals surface area (Å²) in [5.41, 5.74) is 2.11. The number of hydrogen-bond donors (Lipinski definition) is 1. The predicted molar refractivity (Wildman–Crippen MR) is 112 cm³/mol. The molecule has 0 bridgehead atoms. The lowest BCUT2D eigenvalue weighted by atomic mass is 10.1. The number of nitrogens with zero attached hydrogens (tertiary/aromatic N) is 3. The van der Waals surface area contributed by atoms with Crippen LogP contribution in [0.1, 0.15) is 25.2 Å². The molecule has 0 unspecified atom stereocenters. The van der Waals surface area contributed by atoms with E-state index in [1.165, 1.54) is 0 Å². The van der Waals surface area contributed by atoms with Gasteiger partial charge >= 0.3 is 0 Å². The average molecular weight is 462 g/mol. The maximum absolute atomic E-state index is 6.19. The van der Waals surface area contributed by atoms with Crippen LogP contribution in [0.2, 0.25) is 5.02 Å². The highest BCUT2D eigenvalue weighted by Crippen LogP contribution is 2.28. The molecule has 0 atom stereocenters. The van der Waals surface area contributed by atoms with E-state index in [4.69, 9.17) is 20.8 Å². The zero-order valence-corrected chi connectivity index (χ0v) is 17.7. The number of aromatic amines is 1. The molecular formula is C20H18BrClN4O2. The third-order valence-electron chi connectivity index (χ3n) is 4.03. The number of rotatable bonds is 6. The Kier molecular flexibility index (Phi) is 5.37. The van der Waals surface area contributed by atoms with E-state index in [1.54, 1.807) is 6.20 Å². The van der Waals surface area contributed by atoms with Crippen LogP contribution in [-0.2, 0) is 6.42 Å². The molecule has 6 nitrogen and oxygen atoms in total. The minimum atomic E-state index is 0.439. The molecule has 0 aliphatic rings. The van der Waals surface area contributed by atoms with E-state index in [0.717, 1.165) is 17.1 Å². The molecule has 0 spiro atoms. The van der Waals surface area contributed by atoms with E-state index in [1.807, 2.05) is 30.3 Å². The first-order chi connectivity index (χ1) is 13.5. The molecule has 4 rings (SSSR count). The van der Waals surface area contributed by atoms with Gasteiger partial charge in [0.2, 0.25) is 0 Å². The predicted octanol–water partition coefficient (Wildman–Crippen LogP) is 5.65. The molecule has 0 fully saturated rings. The molecule has 1 aromatic carbocycles. The summed E-state index contributed by atoms with van der Waals surface area (Å²) in [5.74, 6) is 3.25. The maximum atomic E-state index is 6.19. The van der Waals surface area contributed by atoms with Crippen LogP contribution >= 0.6 is 27.5 Å². The van der Waals surface area contributed by atoms with Crippen molar-refractivity contribution in [3.63, 3.8) is 0 Å². The second-order valence-corrected chi connectivity index (χ2v) is 8.10. The summed E-state index contributed by atoms with van der Waals surface area (Å²) in [7, 11) is 0. The number of fused-ring (bicyclic) bond motifs is 1. The van der Waals surface area contributed by atoms with Crippen molar-refractivity contribution in [1.29, 1.82) is 0 Å². The number of furan rings is 1. The van der Waals surface area contributed by atoms with Gasteiger partial charge in [0, 0.05) is 17.0 Å². The zero-order valence-electron chi connectivity index (χ0n) is 15.4. The van der Waals surface area contributed by atoms with E-state index in [9.17, 15) is 0 Å². The topological polar surface area (TPSA) is 76.8 Å². The lowest BCUT2D eigenvalue weighted by molar-refractivity contribution is 0.268. The Balaban J connectivity index is 1.58. The van der Waals surface area contributed by atoms with Gasteiger partial charge in [0.25, 0.3) is 0 Å². The van der Waals surface area contributed by atoms with Gasteiger partial charge in [0.05, 0.1) is 12.8 Å². The summed E-state index contributed by atoms with van der Waals surface area (Å²) >= 11 is 9.49. The highest BCUT2D eigenvalue weighted by molar-refractivity contribution is 9.10. The molecule has 3 heterocycles. The van der Waals surface area contributed by atoms with Crippen molar-refractivity contribution in [2.75, 3.05) is 6.61 Å². The van der Waals surface area contributed by atoms with Crippen molar-refractivity contribution in [3.05, 3.63) is 57.5 Å². The molecule has 0 saturated heterocycles. The van der Waals surface area contributed by atoms with Crippen LogP contribution in [0.5, 0.6) is 5.75 Å². The van der Waals surface area contributed by atoms with Crippen LogP contribution in [0.4, 0.5) is 0 Å². The van der Waals surface area contributed by atoms with Crippen LogP contribution < -0.4 is 4.74 Å². The quantitative estimate of drug-likeness (QED) is 0.401. The second kappa shape index (κ2) is 7.93. The molecule has 4 aromatic rings. The standard InChI is InChI=1S/C20H18BrClN4O2/c1-11(2)10-27-15-5-3-13(22)7-12(15)8-14-4-6-16(28-14)18-25-19-20(26-18)24-17(21)9-23-19/h3-7,9,11H,8,10H2,1-2H3,(H,23,24,25,26). The Morgan fingerprint density at radius 3 is 2.89 bits per heavy atom. The Bertz CT molecular complexity index is 1120. The fourth-order valence-electron chi connectivity index (χ4n) is 2.76. The van der Waals surface area contributed by atoms with Crippen molar-refractivity contribution >= 4 is 38.8 Å². The molecule has 0 aliphatic heterocycles. The van der Waals surface area contributed by atoms with E-state index >= 15 is 0 Å². The zero-order chi connectivity index (χ0) is 19.7. The van der Waals surface area contributed by atoms with Gasteiger partial charge in [-0.05, 0) is 52.2 Å². The van der Waals surface area contributed by atoms with Crippen LogP contribution in [-0.4, -0.2) is 26.5 Å². The molecule has 0 radical (unpaired) electrons. The monoisotopic (exact) mass is 460 g/mol. The molecule has 3 aromatic heterocycles. The molecular weight excluding hydrogens is 444 g/mol. The SMILES string of the molecule is CC(C)COc1ccc(Cl)cc1Cc1ccc(-c2nc3nc(Br)cnc3[nH]2)o1. The van der Waals surface area contributed by atoms with Crippen molar-refractivity contribution in [2.45, 2.75) is 20.3 Å². The normalized spacial score (nSPS) is 11.5. The number of ether oxygens (including phenoxy) is 1. The minimum absolute atomic E-state index is 0.439. The Hall–Kier alpha value is -2.38. The summed E-state index contributed by atoms with van der Waals surface area (Å²) in [4.78, 5) is 16.1. The highest BCUT2D eigenvalue weighted by atomic mass is 79.9. The van der Waals surface area contributed by atoms with Crippen LogP contribution in [0.15, 0.2) is 45.5 Å². The van der Waals surface area contributed by atoms with E-state index in [-0.39, 0.29) is 0 Å². The lowest BCUT2D eigenvalue weighted by Crippen LogP contribution is -2.06. The van der Waals surface area contributed by atoms with Gasteiger partial charge in [-0.3, -0.25) is 0 Å². The van der Waals surface area contributed by atoms with Crippen molar-refractivity contribution in [1.82, 2.24) is 19.9 Å². The third kappa shape index (κ3) is 4.20. The largest absolute Gasteiger partial charge is 0.493 e. The molecule has 1 N–H and O–H groups in total.